The predicted octanol–water partition coefficient (Wildman–Crippen LogP) is 2.45. The highest BCUT2D eigenvalue weighted by Crippen LogP contribution is 2.25. The Morgan fingerprint density at radius 1 is 1.35 bits per heavy atom. The van der Waals surface area contributed by atoms with Crippen molar-refractivity contribution in [1.82, 2.24) is 0 Å². The highest BCUT2D eigenvalue weighted by atomic mass is 16.1. The van der Waals surface area contributed by atoms with Gasteiger partial charge < -0.3 is 11.1 Å². The van der Waals surface area contributed by atoms with Crippen LogP contribution in [0.3, 0.4) is 0 Å². The van der Waals surface area contributed by atoms with E-state index in [2.05, 4.69) is 5.32 Å². The lowest BCUT2D eigenvalue weighted by Gasteiger charge is -2.25. The number of hydrogen-bond donors (Lipinski definition) is 2. The number of para-hydroxylation sites is 1. The van der Waals surface area contributed by atoms with E-state index in [9.17, 15) is 4.79 Å². The molecule has 3 heteroatoms. The molecule has 0 bridgehead atoms. The maximum atomic E-state index is 12.1. The number of amides is 1. The maximum Gasteiger partial charge on any atom is 0.227 e. The van der Waals surface area contributed by atoms with Crippen LogP contribution in [0.1, 0.15) is 31.2 Å². The van der Waals surface area contributed by atoms with E-state index < -0.39 is 0 Å². The first kappa shape index (κ1) is 12.1. The highest BCUT2D eigenvalue weighted by Gasteiger charge is 2.25. The van der Waals surface area contributed by atoms with Crippen LogP contribution in [0, 0.1) is 12.8 Å². The lowest BCUT2D eigenvalue weighted by Crippen LogP contribution is -2.34. The van der Waals surface area contributed by atoms with Gasteiger partial charge in [0.25, 0.3) is 0 Å². The molecular formula is C14H20N2O. The van der Waals surface area contributed by atoms with E-state index in [1.807, 2.05) is 31.2 Å². The van der Waals surface area contributed by atoms with Gasteiger partial charge in [-0.3, -0.25) is 4.79 Å². The van der Waals surface area contributed by atoms with Gasteiger partial charge in [0.2, 0.25) is 5.91 Å². The molecule has 0 aromatic heterocycles. The normalized spacial score (nSPS) is 24.4. The molecule has 2 unspecified atom stereocenters. The van der Waals surface area contributed by atoms with Gasteiger partial charge in [0.1, 0.15) is 0 Å². The average molecular weight is 232 g/mol. The van der Waals surface area contributed by atoms with Crippen molar-refractivity contribution < 1.29 is 4.79 Å². The van der Waals surface area contributed by atoms with Gasteiger partial charge in [0.15, 0.2) is 0 Å². The minimum atomic E-state index is 0.0818. The van der Waals surface area contributed by atoms with E-state index in [1.54, 1.807) is 0 Å². The van der Waals surface area contributed by atoms with Crippen LogP contribution in [0.4, 0.5) is 5.69 Å². The molecule has 2 rings (SSSR count). The van der Waals surface area contributed by atoms with Gasteiger partial charge in [-0.05, 0) is 37.8 Å². The summed E-state index contributed by atoms with van der Waals surface area (Å²) in [5, 5.41) is 3.01. The second-order valence-electron chi connectivity index (χ2n) is 4.93. The van der Waals surface area contributed by atoms with Crippen LogP contribution >= 0.6 is 0 Å². The highest BCUT2D eigenvalue weighted by molar-refractivity contribution is 5.93. The summed E-state index contributed by atoms with van der Waals surface area (Å²) in [5.74, 6) is 0.202. The van der Waals surface area contributed by atoms with Crippen LogP contribution in [0.25, 0.3) is 0 Å². The molecule has 3 nitrogen and oxygen atoms in total. The Kier molecular flexibility index (Phi) is 3.79. The molecule has 1 aliphatic rings. The minimum Gasteiger partial charge on any atom is -0.328 e. The molecule has 0 aliphatic heterocycles. The molecule has 0 heterocycles. The number of anilines is 1. The molecule has 1 aliphatic carbocycles. The molecule has 17 heavy (non-hydrogen) atoms. The zero-order valence-corrected chi connectivity index (χ0v) is 10.3. The first-order valence-corrected chi connectivity index (χ1v) is 6.29. The molecule has 0 spiro atoms. The number of carbonyl (C=O) groups is 1. The van der Waals surface area contributed by atoms with Gasteiger partial charge in [0.05, 0.1) is 0 Å². The molecule has 1 saturated carbocycles. The van der Waals surface area contributed by atoms with Crippen LogP contribution in [0.15, 0.2) is 24.3 Å². The van der Waals surface area contributed by atoms with E-state index in [0.29, 0.717) is 0 Å². The van der Waals surface area contributed by atoms with Crippen molar-refractivity contribution in [2.24, 2.45) is 11.7 Å². The fourth-order valence-electron chi connectivity index (χ4n) is 2.41. The van der Waals surface area contributed by atoms with E-state index in [1.165, 1.54) is 0 Å². The number of benzene rings is 1. The molecule has 3 N–H and O–H groups in total. The minimum absolute atomic E-state index is 0.0818. The Morgan fingerprint density at radius 3 is 2.82 bits per heavy atom. The summed E-state index contributed by atoms with van der Waals surface area (Å²) in [4.78, 5) is 12.1. The SMILES string of the molecule is Cc1ccccc1NC(=O)C1CCCC(N)C1. The third-order valence-corrected chi connectivity index (χ3v) is 3.49. The van der Waals surface area contributed by atoms with E-state index >= 15 is 0 Å². The quantitative estimate of drug-likeness (QED) is 0.823. The standard InChI is InChI=1S/C14H20N2O/c1-10-5-2-3-8-13(10)16-14(17)11-6-4-7-12(15)9-11/h2-3,5,8,11-12H,4,6-7,9,15H2,1H3,(H,16,17). The topological polar surface area (TPSA) is 55.1 Å². The van der Waals surface area contributed by atoms with Gasteiger partial charge in [0, 0.05) is 17.6 Å². The molecule has 1 aromatic carbocycles. The summed E-state index contributed by atoms with van der Waals surface area (Å²) in [5.41, 5.74) is 7.92. The van der Waals surface area contributed by atoms with Gasteiger partial charge in [-0.25, -0.2) is 0 Å². The van der Waals surface area contributed by atoms with Crippen molar-refractivity contribution in [2.75, 3.05) is 5.32 Å². The molecular weight excluding hydrogens is 212 g/mol. The van der Waals surface area contributed by atoms with Gasteiger partial charge in [-0.2, -0.15) is 0 Å². The second-order valence-corrected chi connectivity index (χ2v) is 4.93. The van der Waals surface area contributed by atoms with Crippen molar-refractivity contribution in [2.45, 2.75) is 38.6 Å². The fourth-order valence-corrected chi connectivity index (χ4v) is 2.41. The number of aryl methyl sites for hydroxylation is 1. The van der Waals surface area contributed by atoms with Gasteiger partial charge >= 0.3 is 0 Å². The number of hydrogen-bond acceptors (Lipinski definition) is 2. The smallest absolute Gasteiger partial charge is 0.227 e. The van der Waals surface area contributed by atoms with Crippen LogP contribution in [-0.2, 0) is 4.79 Å². The summed E-state index contributed by atoms with van der Waals surface area (Å²) in [7, 11) is 0. The zero-order valence-electron chi connectivity index (χ0n) is 10.3. The summed E-state index contributed by atoms with van der Waals surface area (Å²) < 4.78 is 0. The number of nitrogens with one attached hydrogen (secondary N) is 1. The molecule has 1 fully saturated rings. The second kappa shape index (κ2) is 5.32. The lowest BCUT2D eigenvalue weighted by atomic mass is 9.85. The Bertz CT molecular complexity index is 403. The molecule has 1 amide bonds. The van der Waals surface area contributed by atoms with Crippen molar-refractivity contribution >= 4 is 11.6 Å². The largest absolute Gasteiger partial charge is 0.328 e. The molecule has 1 aromatic rings. The fraction of sp³-hybridized carbons (Fsp3) is 0.500. The summed E-state index contributed by atoms with van der Waals surface area (Å²) >= 11 is 0. The predicted molar refractivity (Wildman–Crippen MR) is 69.7 cm³/mol. The Balaban J connectivity index is 1.99. The average Bonchev–Trinajstić information content (AvgIpc) is 2.32. The Hall–Kier alpha value is -1.35. The molecule has 92 valence electrons. The Morgan fingerprint density at radius 2 is 2.12 bits per heavy atom. The van der Waals surface area contributed by atoms with Crippen molar-refractivity contribution in [1.29, 1.82) is 0 Å². The van der Waals surface area contributed by atoms with Crippen molar-refractivity contribution in [3.05, 3.63) is 29.8 Å². The van der Waals surface area contributed by atoms with Gasteiger partial charge in [-0.1, -0.05) is 24.6 Å². The number of carbonyl (C=O) groups excluding carboxylic acids is 1. The van der Waals surface area contributed by atoms with Crippen LogP contribution < -0.4 is 11.1 Å². The van der Waals surface area contributed by atoms with Gasteiger partial charge in [-0.15, -0.1) is 0 Å². The van der Waals surface area contributed by atoms with Crippen molar-refractivity contribution in [3.63, 3.8) is 0 Å². The first-order valence-electron chi connectivity index (χ1n) is 6.29. The lowest BCUT2D eigenvalue weighted by molar-refractivity contribution is -0.120. The zero-order chi connectivity index (χ0) is 12.3. The molecule has 2 atom stereocenters. The van der Waals surface area contributed by atoms with E-state index in [-0.39, 0.29) is 17.9 Å². The summed E-state index contributed by atoms with van der Waals surface area (Å²) in [6.07, 6.45) is 3.89. The monoisotopic (exact) mass is 232 g/mol. The van der Waals surface area contributed by atoms with E-state index in [0.717, 1.165) is 36.9 Å². The van der Waals surface area contributed by atoms with Crippen LogP contribution in [-0.4, -0.2) is 11.9 Å². The maximum absolute atomic E-state index is 12.1. The van der Waals surface area contributed by atoms with Crippen LogP contribution in [0.2, 0.25) is 0 Å². The third kappa shape index (κ3) is 3.07. The third-order valence-electron chi connectivity index (χ3n) is 3.49. The number of nitrogens with two attached hydrogens (primary N) is 1. The van der Waals surface area contributed by atoms with E-state index in [4.69, 9.17) is 5.73 Å². The summed E-state index contributed by atoms with van der Waals surface area (Å²) in [6.45, 7) is 2.00. The Labute approximate surface area is 102 Å². The summed E-state index contributed by atoms with van der Waals surface area (Å²) in [6, 6.07) is 8.05. The van der Waals surface area contributed by atoms with Crippen LogP contribution in [0.5, 0.6) is 0 Å². The molecule has 0 radical (unpaired) electrons. The molecule has 0 saturated heterocycles. The first-order chi connectivity index (χ1) is 8.16. The van der Waals surface area contributed by atoms with Crippen molar-refractivity contribution in [3.8, 4) is 0 Å². The number of rotatable bonds is 2.